The van der Waals surface area contributed by atoms with E-state index in [2.05, 4.69) is 35.4 Å². The van der Waals surface area contributed by atoms with Crippen LogP contribution in [0.15, 0.2) is 41.1 Å². The Balaban J connectivity index is 2.10. The first-order valence-corrected chi connectivity index (χ1v) is 6.48. The molecule has 0 saturated heterocycles. The lowest BCUT2D eigenvalue weighted by molar-refractivity contribution is 0.398. The van der Waals surface area contributed by atoms with Gasteiger partial charge in [0.1, 0.15) is 11.5 Å². The van der Waals surface area contributed by atoms with Crippen molar-refractivity contribution in [2.45, 2.75) is 32.7 Å². The van der Waals surface area contributed by atoms with Gasteiger partial charge in [-0.25, -0.2) is 0 Å². The summed E-state index contributed by atoms with van der Waals surface area (Å²) in [6.45, 7) is 5.15. The van der Waals surface area contributed by atoms with Gasteiger partial charge in [0.25, 0.3) is 0 Å². The first-order chi connectivity index (χ1) is 8.79. The van der Waals surface area contributed by atoms with Crippen molar-refractivity contribution < 1.29 is 4.42 Å². The maximum atomic E-state index is 5.74. The topological polar surface area (TPSA) is 38.1 Å². The summed E-state index contributed by atoms with van der Waals surface area (Å²) < 4.78 is 5.74. The van der Waals surface area contributed by atoms with Crippen molar-refractivity contribution in [3.8, 4) is 0 Å². The maximum Gasteiger partial charge on any atom is 0.121 e. The van der Waals surface area contributed by atoms with E-state index in [1.165, 1.54) is 5.56 Å². The molecule has 3 nitrogen and oxygen atoms in total. The largest absolute Gasteiger partial charge is 0.465 e. The predicted molar refractivity (Wildman–Crippen MR) is 72.4 cm³/mol. The highest BCUT2D eigenvalue weighted by Gasteiger charge is 2.14. The van der Waals surface area contributed by atoms with Gasteiger partial charge >= 0.3 is 0 Å². The van der Waals surface area contributed by atoms with E-state index in [9.17, 15) is 0 Å². The van der Waals surface area contributed by atoms with Gasteiger partial charge in [-0.3, -0.25) is 4.98 Å². The number of nitrogens with one attached hydrogen (secondary N) is 1. The summed E-state index contributed by atoms with van der Waals surface area (Å²) in [6, 6.07) is 8.42. The van der Waals surface area contributed by atoms with E-state index in [-0.39, 0.29) is 6.04 Å². The first kappa shape index (κ1) is 12.8. The molecule has 0 aliphatic carbocycles. The number of pyridine rings is 1. The van der Waals surface area contributed by atoms with E-state index in [1.54, 1.807) is 0 Å². The average Bonchev–Trinajstić information content (AvgIpc) is 2.82. The van der Waals surface area contributed by atoms with Gasteiger partial charge in [0, 0.05) is 12.4 Å². The Morgan fingerprint density at radius 3 is 2.61 bits per heavy atom. The number of furan rings is 1. The number of rotatable bonds is 6. The van der Waals surface area contributed by atoms with Crippen LogP contribution in [-0.2, 0) is 6.42 Å². The Kier molecular flexibility index (Phi) is 4.53. The van der Waals surface area contributed by atoms with Crippen LogP contribution in [0.1, 0.15) is 36.5 Å². The molecule has 0 spiro atoms. The molecule has 96 valence electrons. The van der Waals surface area contributed by atoms with E-state index in [4.69, 9.17) is 4.42 Å². The summed E-state index contributed by atoms with van der Waals surface area (Å²) in [7, 11) is 0. The smallest absolute Gasteiger partial charge is 0.121 e. The van der Waals surface area contributed by atoms with Gasteiger partial charge in [-0.1, -0.05) is 6.92 Å². The number of aryl methyl sites for hydroxylation is 1. The summed E-state index contributed by atoms with van der Waals surface area (Å²) in [5.41, 5.74) is 1.27. The molecule has 0 radical (unpaired) electrons. The fourth-order valence-corrected chi connectivity index (χ4v) is 1.99. The van der Waals surface area contributed by atoms with Crippen LogP contribution in [0.2, 0.25) is 0 Å². The van der Waals surface area contributed by atoms with Crippen molar-refractivity contribution in [2.75, 3.05) is 6.54 Å². The third-order valence-corrected chi connectivity index (χ3v) is 2.93. The lowest BCUT2D eigenvalue weighted by Crippen LogP contribution is -2.23. The zero-order valence-electron chi connectivity index (χ0n) is 11.0. The van der Waals surface area contributed by atoms with Gasteiger partial charge in [-0.05, 0) is 56.1 Å². The van der Waals surface area contributed by atoms with Crippen molar-refractivity contribution in [1.29, 1.82) is 0 Å². The Morgan fingerprint density at radius 1 is 1.22 bits per heavy atom. The molecule has 1 atom stereocenters. The van der Waals surface area contributed by atoms with Crippen molar-refractivity contribution in [2.24, 2.45) is 0 Å². The minimum Gasteiger partial charge on any atom is -0.465 e. The third kappa shape index (κ3) is 3.44. The standard InChI is InChI=1S/C15H20N2O/c1-3-8-17-14(15-5-4-12(2)18-15)11-13-6-9-16-10-7-13/h4-7,9-10,14,17H,3,8,11H2,1-2H3. The second-order valence-electron chi connectivity index (χ2n) is 4.51. The molecule has 0 bridgehead atoms. The zero-order valence-corrected chi connectivity index (χ0v) is 11.0. The Labute approximate surface area is 108 Å². The fourth-order valence-electron chi connectivity index (χ4n) is 1.99. The number of hydrogen-bond donors (Lipinski definition) is 1. The van der Waals surface area contributed by atoms with Crippen LogP contribution in [0.4, 0.5) is 0 Å². The quantitative estimate of drug-likeness (QED) is 0.847. The SMILES string of the molecule is CCCNC(Cc1ccncc1)c1ccc(C)o1. The van der Waals surface area contributed by atoms with Crippen LogP contribution in [0.5, 0.6) is 0 Å². The van der Waals surface area contributed by atoms with E-state index in [0.717, 1.165) is 30.9 Å². The molecular weight excluding hydrogens is 224 g/mol. The molecule has 2 aromatic heterocycles. The van der Waals surface area contributed by atoms with Crippen LogP contribution < -0.4 is 5.32 Å². The molecule has 0 aliphatic rings. The molecular formula is C15H20N2O. The van der Waals surface area contributed by atoms with E-state index in [0.29, 0.717) is 0 Å². The first-order valence-electron chi connectivity index (χ1n) is 6.48. The predicted octanol–water partition coefficient (Wildman–Crippen LogP) is 3.27. The van der Waals surface area contributed by atoms with Crippen LogP contribution in [0.25, 0.3) is 0 Å². The van der Waals surface area contributed by atoms with E-state index >= 15 is 0 Å². The van der Waals surface area contributed by atoms with Crippen LogP contribution in [0.3, 0.4) is 0 Å². The zero-order chi connectivity index (χ0) is 12.8. The van der Waals surface area contributed by atoms with Gasteiger partial charge < -0.3 is 9.73 Å². The molecule has 3 heteroatoms. The molecule has 2 heterocycles. The summed E-state index contributed by atoms with van der Waals surface area (Å²) >= 11 is 0. The molecule has 0 aliphatic heterocycles. The Hall–Kier alpha value is -1.61. The lowest BCUT2D eigenvalue weighted by Gasteiger charge is -2.16. The summed E-state index contributed by atoms with van der Waals surface area (Å²) in [4.78, 5) is 4.05. The highest BCUT2D eigenvalue weighted by atomic mass is 16.3. The van der Waals surface area contributed by atoms with Crippen molar-refractivity contribution in [3.05, 3.63) is 53.7 Å². The maximum absolute atomic E-state index is 5.74. The number of nitrogens with zero attached hydrogens (tertiary/aromatic N) is 1. The van der Waals surface area contributed by atoms with Crippen molar-refractivity contribution in [3.63, 3.8) is 0 Å². The molecule has 2 rings (SSSR count). The van der Waals surface area contributed by atoms with Crippen LogP contribution in [0, 0.1) is 6.92 Å². The summed E-state index contributed by atoms with van der Waals surface area (Å²) in [5.74, 6) is 1.97. The van der Waals surface area contributed by atoms with E-state index in [1.807, 2.05) is 25.4 Å². The fraction of sp³-hybridized carbons (Fsp3) is 0.400. The summed E-state index contributed by atoms with van der Waals surface area (Å²) in [6.07, 6.45) is 5.71. The normalized spacial score (nSPS) is 12.6. The number of hydrogen-bond acceptors (Lipinski definition) is 3. The highest BCUT2D eigenvalue weighted by molar-refractivity contribution is 5.17. The molecule has 0 saturated carbocycles. The molecule has 0 aromatic carbocycles. The molecule has 2 aromatic rings. The van der Waals surface area contributed by atoms with Gasteiger partial charge in [0.15, 0.2) is 0 Å². The Morgan fingerprint density at radius 2 is 2.00 bits per heavy atom. The monoisotopic (exact) mass is 244 g/mol. The molecule has 1 N–H and O–H groups in total. The summed E-state index contributed by atoms with van der Waals surface area (Å²) in [5, 5.41) is 3.53. The van der Waals surface area contributed by atoms with Gasteiger partial charge in [-0.15, -0.1) is 0 Å². The molecule has 0 amide bonds. The van der Waals surface area contributed by atoms with Gasteiger partial charge in [0.05, 0.1) is 6.04 Å². The third-order valence-electron chi connectivity index (χ3n) is 2.93. The van der Waals surface area contributed by atoms with Gasteiger partial charge in [0.2, 0.25) is 0 Å². The number of aromatic nitrogens is 1. The van der Waals surface area contributed by atoms with E-state index < -0.39 is 0 Å². The second kappa shape index (κ2) is 6.36. The molecule has 0 fully saturated rings. The highest BCUT2D eigenvalue weighted by Crippen LogP contribution is 2.20. The lowest BCUT2D eigenvalue weighted by atomic mass is 10.1. The minimum absolute atomic E-state index is 0.237. The minimum atomic E-state index is 0.237. The van der Waals surface area contributed by atoms with Crippen molar-refractivity contribution >= 4 is 0 Å². The second-order valence-corrected chi connectivity index (χ2v) is 4.51. The van der Waals surface area contributed by atoms with Crippen molar-refractivity contribution in [1.82, 2.24) is 10.3 Å². The molecule has 1 unspecified atom stereocenters. The Bertz CT molecular complexity index is 464. The van der Waals surface area contributed by atoms with Crippen LogP contribution >= 0.6 is 0 Å². The van der Waals surface area contributed by atoms with Gasteiger partial charge in [-0.2, -0.15) is 0 Å². The molecule has 18 heavy (non-hydrogen) atoms. The van der Waals surface area contributed by atoms with Crippen LogP contribution in [-0.4, -0.2) is 11.5 Å². The average molecular weight is 244 g/mol.